The number of hydrogen-bond donors (Lipinski definition) is 2. The average molecular weight is 367 g/mol. The lowest BCUT2D eigenvalue weighted by atomic mass is 9.64. The fraction of sp³-hybridized carbons (Fsp3) is 0.905. The van der Waals surface area contributed by atoms with Gasteiger partial charge in [0.05, 0.1) is 11.7 Å². The van der Waals surface area contributed by atoms with Crippen molar-refractivity contribution in [3.63, 3.8) is 0 Å². The first-order valence-electron chi connectivity index (χ1n) is 10.2. The molecule has 1 saturated heterocycles. The van der Waals surface area contributed by atoms with Crippen LogP contribution in [0.25, 0.3) is 0 Å². The molecular formula is C21H38O3Si. The van der Waals surface area contributed by atoms with Crippen LogP contribution in [0.5, 0.6) is 0 Å². The van der Waals surface area contributed by atoms with Crippen molar-refractivity contribution in [2.45, 2.75) is 90.1 Å². The molecule has 0 aromatic carbocycles. The van der Waals surface area contributed by atoms with Crippen molar-refractivity contribution in [2.75, 3.05) is 0 Å². The second-order valence-corrected chi connectivity index (χ2v) is 16.2. The van der Waals surface area contributed by atoms with Crippen LogP contribution in [-0.4, -0.2) is 36.3 Å². The molecule has 0 spiro atoms. The lowest BCUT2D eigenvalue weighted by Crippen LogP contribution is -2.54. The highest BCUT2D eigenvalue weighted by Crippen LogP contribution is 2.68. The molecule has 3 nitrogen and oxygen atoms in total. The van der Waals surface area contributed by atoms with Gasteiger partial charge in [-0.25, -0.2) is 0 Å². The van der Waals surface area contributed by atoms with Gasteiger partial charge in [0, 0.05) is 25.8 Å². The van der Waals surface area contributed by atoms with Gasteiger partial charge in [-0.05, 0) is 43.1 Å². The predicted molar refractivity (Wildman–Crippen MR) is 105 cm³/mol. The second-order valence-electron chi connectivity index (χ2n) is 10.7. The quantitative estimate of drug-likeness (QED) is 0.572. The van der Waals surface area contributed by atoms with Crippen molar-refractivity contribution in [3.8, 4) is 0 Å². The molecule has 7 atom stereocenters. The van der Waals surface area contributed by atoms with E-state index in [0.717, 1.165) is 25.3 Å². The van der Waals surface area contributed by atoms with Crippen molar-refractivity contribution < 1.29 is 14.9 Å². The van der Waals surface area contributed by atoms with Gasteiger partial charge >= 0.3 is 0 Å². The summed E-state index contributed by atoms with van der Waals surface area (Å²) < 4.78 is 5.95. The van der Waals surface area contributed by atoms with Crippen molar-refractivity contribution in [1.82, 2.24) is 0 Å². The van der Waals surface area contributed by atoms with Crippen molar-refractivity contribution in [3.05, 3.63) is 12.2 Å². The topological polar surface area (TPSA) is 49.7 Å². The summed E-state index contributed by atoms with van der Waals surface area (Å²) in [6.07, 6.45) is 3.02. The van der Waals surface area contributed by atoms with Gasteiger partial charge in [-0.1, -0.05) is 52.6 Å². The fourth-order valence-electron chi connectivity index (χ4n) is 6.38. The third-order valence-corrected chi connectivity index (χ3v) is 9.13. The summed E-state index contributed by atoms with van der Waals surface area (Å²) in [5, 5.41) is 22.2. The molecule has 2 saturated carbocycles. The van der Waals surface area contributed by atoms with E-state index in [1.807, 2.05) is 0 Å². The van der Waals surface area contributed by atoms with Crippen LogP contribution in [-0.2, 0) is 4.74 Å². The Labute approximate surface area is 154 Å². The molecule has 0 aromatic rings. The Kier molecular flexibility index (Phi) is 4.85. The normalized spacial score (nSPS) is 47.7. The minimum absolute atomic E-state index is 0.0423. The Morgan fingerprint density at radius 3 is 2.36 bits per heavy atom. The number of fused-ring (bicyclic) bond motifs is 2. The number of rotatable bonds is 4. The van der Waals surface area contributed by atoms with Crippen LogP contribution in [0.2, 0.25) is 25.7 Å². The maximum absolute atomic E-state index is 12.2. The Balaban J connectivity index is 2.09. The summed E-state index contributed by atoms with van der Waals surface area (Å²) in [6, 6.07) is 0.886. The van der Waals surface area contributed by atoms with E-state index in [9.17, 15) is 10.2 Å². The number of hydrogen-bond acceptors (Lipinski definition) is 3. The van der Waals surface area contributed by atoms with E-state index in [0.29, 0.717) is 24.2 Å². The predicted octanol–water partition coefficient (Wildman–Crippen LogP) is 4.43. The van der Waals surface area contributed by atoms with Crippen LogP contribution in [0.4, 0.5) is 0 Å². The Hall–Kier alpha value is -0.163. The molecule has 2 N–H and O–H groups in total. The van der Waals surface area contributed by atoms with Crippen LogP contribution >= 0.6 is 0 Å². The maximum atomic E-state index is 12.2. The van der Waals surface area contributed by atoms with Gasteiger partial charge in [0.15, 0.2) is 6.29 Å². The first kappa shape index (κ1) is 19.6. The highest BCUT2D eigenvalue weighted by molar-refractivity contribution is 6.76. The highest BCUT2D eigenvalue weighted by Gasteiger charge is 2.69. The van der Waals surface area contributed by atoms with E-state index in [1.54, 1.807) is 0 Å². The van der Waals surface area contributed by atoms with Crippen molar-refractivity contribution in [2.24, 2.45) is 29.1 Å². The van der Waals surface area contributed by atoms with E-state index < -0.39 is 20.0 Å². The molecule has 2 bridgehead atoms. The van der Waals surface area contributed by atoms with Gasteiger partial charge in [0.25, 0.3) is 0 Å². The monoisotopic (exact) mass is 366 g/mol. The number of aliphatic hydroxyl groups excluding tert-OH is 1. The second kappa shape index (κ2) is 6.18. The zero-order valence-corrected chi connectivity index (χ0v) is 18.0. The van der Waals surface area contributed by atoms with E-state index in [4.69, 9.17) is 4.74 Å². The van der Waals surface area contributed by atoms with Crippen molar-refractivity contribution >= 4 is 8.07 Å². The van der Waals surface area contributed by atoms with Gasteiger partial charge in [0.1, 0.15) is 0 Å². The summed E-state index contributed by atoms with van der Waals surface area (Å²) in [6.45, 7) is 18.5. The standard InChI is InChI=1S/C21H38O3Si/c1-13(2)15-10-11-20(4)14(3)18(15)19(16-8-9-17(22)24-16)21(20,23)12-25(5,6)7/h13,15-19,22-23H,3,8-12H2,1-2,4-7H3/t15-,16+,17?,18-,19-,20-,21+/m1/s1. The molecule has 1 aliphatic heterocycles. The number of aliphatic hydroxyl groups is 2. The van der Waals surface area contributed by atoms with E-state index in [2.05, 4.69) is 47.0 Å². The van der Waals surface area contributed by atoms with Crippen LogP contribution in [0.3, 0.4) is 0 Å². The van der Waals surface area contributed by atoms with Gasteiger partial charge in [-0.2, -0.15) is 0 Å². The smallest absolute Gasteiger partial charge is 0.155 e. The zero-order valence-electron chi connectivity index (χ0n) is 17.0. The summed E-state index contributed by atoms with van der Waals surface area (Å²) >= 11 is 0. The summed E-state index contributed by atoms with van der Waals surface area (Å²) in [5.74, 6) is 1.52. The molecule has 3 aliphatic rings. The lowest BCUT2D eigenvalue weighted by Gasteiger charge is -2.47. The van der Waals surface area contributed by atoms with Gasteiger partial charge in [-0.15, -0.1) is 0 Å². The fourth-order valence-corrected chi connectivity index (χ4v) is 8.62. The molecule has 3 fully saturated rings. The Morgan fingerprint density at radius 1 is 1.24 bits per heavy atom. The molecule has 144 valence electrons. The molecule has 25 heavy (non-hydrogen) atoms. The van der Waals surface area contributed by atoms with Crippen LogP contribution < -0.4 is 0 Å². The Bertz CT molecular complexity index is 540. The SMILES string of the molecule is C=C1[C@H]2[C@@H]([C@@H]3CCC(O)O3)[C@@](O)(C[Si](C)(C)C)[C@]1(C)CC[C@@H]2C(C)C. The first-order valence-corrected chi connectivity index (χ1v) is 13.9. The largest absolute Gasteiger partial charge is 0.389 e. The molecule has 0 amide bonds. The molecule has 4 heteroatoms. The van der Waals surface area contributed by atoms with Gasteiger partial charge in [0.2, 0.25) is 0 Å². The summed E-state index contributed by atoms with van der Waals surface area (Å²) in [4.78, 5) is 0. The highest BCUT2D eigenvalue weighted by atomic mass is 28.3. The van der Waals surface area contributed by atoms with Gasteiger partial charge in [-0.3, -0.25) is 0 Å². The van der Waals surface area contributed by atoms with E-state index in [1.165, 1.54) is 5.57 Å². The molecule has 2 aliphatic carbocycles. The molecule has 0 aromatic heterocycles. The van der Waals surface area contributed by atoms with E-state index in [-0.39, 0.29) is 17.4 Å². The summed E-state index contributed by atoms with van der Waals surface area (Å²) in [7, 11) is -1.50. The number of ether oxygens (including phenoxy) is 1. The molecule has 0 radical (unpaired) electrons. The van der Waals surface area contributed by atoms with Crippen molar-refractivity contribution in [1.29, 1.82) is 0 Å². The average Bonchev–Trinajstić information content (AvgIpc) is 2.89. The Morgan fingerprint density at radius 2 is 1.88 bits per heavy atom. The van der Waals surface area contributed by atoms with Gasteiger partial charge < -0.3 is 14.9 Å². The molecular weight excluding hydrogens is 328 g/mol. The molecule has 3 rings (SSSR count). The molecule has 1 unspecified atom stereocenters. The van der Waals surface area contributed by atoms with Crippen LogP contribution in [0, 0.1) is 29.1 Å². The summed E-state index contributed by atoms with van der Waals surface area (Å²) in [5.41, 5.74) is 0.288. The first-order chi connectivity index (χ1) is 11.4. The third kappa shape index (κ3) is 2.97. The van der Waals surface area contributed by atoms with Crippen LogP contribution in [0.1, 0.15) is 46.5 Å². The minimum Gasteiger partial charge on any atom is -0.389 e. The molecule has 1 heterocycles. The van der Waals surface area contributed by atoms with E-state index >= 15 is 0 Å². The zero-order chi connectivity index (χ0) is 18.8. The third-order valence-electron chi connectivity index (χ3n) is 7.53. The minimum atomic E-state index is -1.50. The lowest BCUT2D eigenvalue weighted by molar-refractivity contribution is -0.152. The maximum Gasteiger partial charge on any atom is 0.155 e. The van der Waals surface area contributed by atoms with Crippen LogP contribution in [0.15, 0.2) is 12.2 Å².